The van der Waals surface area contributed by atoms with Gasteiger partial charge in [0.2, 0.25) is 0 Å². The van der Waals surface area contributed by atoms with E-state index in [-0.39, 0.29) is 12.2 Å². The molecule has 0 aliphatic heterocycles. The van der Waals surface area contributed by atoms with Crippen LogP contribution in [-0.4, -0.2) is 18.2 Å². The first-order valence-corrected chi connectivity index (χ1v) is 10.4. The van der Waals surface area contributed by atoms with Crippen LogP contribution in [0.1, 0.15) is 27.0 Å². The van der Waals surface area contributed by atoms with Gasteiger partial charge in [0.05, 0.1) is 17.7 Å². The fraction of sp³-hybridized carbons (Fsp3) is 0.174. The van der Waals surface area contributed by atoms with Crippen LogP contribution in [0.3, 0.4) is 0 Å². The first kappa shape index (κ1) is 23.1. The predicted octanol–water partition coefficient (Wildman–Crippen LogP) is 6.85. The molecule has 0 aromatic heterocycles. The van der Waals surface area contributed by atoms with Crippen molar-refractivity contribution >= 4 is 46.5 Å². The Kier molecular flexibility index (Phi) is 7.55. The van der Waals surface area contributed by atoms with E-state index in [0.717, 1.165) is 11.3 Å². The van der Waals surface area contributed by atoms with Gasteiger partial charge in [0, 0.05) is 27.8 Å². The molecule has 0 amide bonds. The third kappa shape index (κ3) is 5.37. The monoisotopic (exact) mass is 479 g/mol. The van der Waals surface area contributed by atoms with Crippen LogP contribution >= 0.6 is 34.8 Å². The molecule has 0 atom stereocenters. The summed E-state index contributed by atoms with van der Waals surface area (Å²) in [7, 11) is 1.53. The lowest BCUT2D eigenvalue weighted by Crippen LogP contribution is -2.06. The molecule has 8 heteroatoms. The lowest BCUT2D eigenvalue weighted by molar-refractivity contribution is 0.0696. The van der Waals surface area contributed by atoms with Gasteiger partial charge >= 0.3 is 5.97 Å². The second-order valence-corrected chi connectivity index (χ2v) is 7.96. The average Bonchev–Trinajstić information content (AvgIpc) is 2.73. The van der Waals surface area contributed by atoms with Gasteiger partial charge in [-0.15, -0.1) is 0 Å². The van der Waals surface area contributed by atoms with E-state index in [2.05, 4.69) is 5.32 Å². The minimum atomic E-state index is -0.967. The van der Waals surface area contributed by atoms with Crippen LogP contribution in [0.4, 0.5) is 5.69 Å². The number of hydrogen-bond donors (Lipinski definition) is 2. The number of halogens is 3. The summed E-state index contributed by atoms with van der Waals surface area (Å²) in [5.74, 6) is -0.123. The molecule has 0 radical (unpaired) electrons. The Morgan fingerprint density at radius 2 is 1.71 bits per heavy atom. The Bertz CT molecular complexity index is 1100. The molecular formula is C23H20Cl3NO4. The molecule has 3 rings (SSSR count). The molecule has 0 heterocycles. The molecule has 3 aromatic rings. The van der Waals surface area contributed by atoms with Crippen LogP contribution in [0.15, 0.2) is 48.5 Å². The maximum atomic E-state index is 11.3. The summed E-state index contributed by atoms with van der Waals surface area (Å²) in [4.78, 5) is 11.3. The zero-order valence-electron chi connectivity index (χ0n) is 16.8. The maximum absolute atomic E-state index is 11.3. The molecule has 0 aliphatic rings. The summed E-state index contributed by atoms with van der Waals surface area (Å²) in [5.41, 5.74) is 3.13. The summed E-state index contributed by atoms with van der Waals surface area (Å²) in [6.07, 6.45) is 0. The summed E-state index contributed by atoms with van der Waals surface area (Å²) < 4.78 is 11.3. The molecule has 0 unspecified atom stereocenters. The number of ether oxygens (including phenoxy) is 2. The van der Waals surface area contributed by atoms with Crippen LogP contribution in [0, 0.1) is 6.92 Å². The van der Waals surface area contributed by atoms with E-state index in [1.807, 2.05) is 6.07 Å². The van der Waals surface area contributed by atoms with Crippen molar-refractivity contribution in [3.8, 4) is 11.5 Å². The number of carbonyl (C=O) groups is 1. The van der Waals surface area contributed by atoms with Crippen molar-refractivity contribution < 1.29 is 19.4 Å². The number of methoxy groups -OCH3 is 1. The number of carboxylic acids is 1. The molecule has 162 valence electrons. The van der Waals surface area contributed by atoms with Crippen molar-refractivity contribution in [2.24, 2.45) is 0 Å². The predicted molar refractivity (Wildman–Crippen MR) is 124 cm³/mol. The molecule has 0 fully saturated rings. The third-order valence-corrected chi connectivity index (χ3v) is 5.75. The number of rotatable bonds is 8. The Balaban J connectivity index is 1.78. The molecule has 2 N–H and O–H groups in total. The minimum Gasteiger partial charge on any atom is -0.493 e. The smallest absolute Gasteiger partial charge is 0.336 e. The summed E-state index contributed by atoms with van der Waals surface area (Å²) in [5, 5.41) is 13.9. The van der Waals surface area contributed by atoms with Gasteiger partial charge in [0.25, 0.3) is 0 Å². The van der Waals surface area contributed by atoms with E-state index in [0.29, 0.717) is 44.2 Å². The van der Waals surface area contributed by atoms with Gasteiger partial charge in [-0.05, 0) is 54.4 Å². The largest absolute Gasteiger partial charge is 0.493 e. The van der Waals surface area contributed by atoms with E-state index >= 15 is 0 Å². The summed E-state index contributed by atoms with van der Waals surface area (Å²) in [6.45, 7) is 2.31. The molecule has 0 saturated heterocycles. The van der Waals surface area contributed by atoms with Crippen molar-refractivity contribution in [1.82, 2.24) is 0 Å². The Hall–Kier alpha value is -2.60. The van der Waals surface area contributed by atoms with E-state index < -0.39 is 5.97 Å². The topological polar surface area (TPSA) is 67.8 Å². The molecule has 0 saturated carbocycles. The standard InChI is InChI=1S/C23H20Cl3NO4/c1-13-15(23(28)29)5-3-8-20(13)27-11-14-9-19(26)22(21(10-14)30-2)31-12-16-17(24)6-4-7-18(16)25/h3-10,27H,11-12H2,1-2H3,(H,28,29). The molecule has 3 aromatic carbocycles. The number of benzene rings is 3. The van der Waals surface area contributed by atoms with Gasteiger partial charge in [0.1, 0.15) is 6.61 Å². The highest BCUT2D eigenvalue weighted by molar-refractivity contribution is 6.36. The zero-order valence-corrected chi connectivity index (χ0v) is 19.1. The fourth-order valence-corrected chi connectivity index (χ4v) is 3.88. The normalized spacial score (nSPS) is 10.6. The number of carboxylic acid groups (broad SMARTS) is 1. The van der Waals surface area contributed by atoms with Crippen molar-refractivity contribution in [2.75, 3.05) is 12.4 Å². The molecule has 0 spiro atoms. The second-order valence-electron chi connectivity index (χ2n) is 6.73. The first-order chi connectivity index (χ1) is 14.8. The fourth-order valence-electron chi connectivity index (χ4n) is 3.09. The summed E-state index contributed by atoms with van der Waals surface area (Å²) >= 11 is 18.9. The molecular weight excluding hydrogens is 461 g/mol. The maximum Gasteiger partial charge on any atom is 0.336 e. The van der Waals surface area contributed by atoms with Crippen molar-refractivity contribution in [3.63, 3.8) is 0 Å². The number of anilines is 1. The van der Waals surface area contributed by atoms with Crippen LogP contribution < -0.4 is 14.8 Å². The molecule has 0 aliphatic carbocycles. The molecule has 0 bridgehead atoms. The van der Waals surface area contributed by atoms with Crippen LogP contribution in [0.25, 0.3) is 0 Å². The first-order valence-electron chi connectivity index (χ1n) is 9.30. The highest BCUT2D eigenvalue weighted by Crippen LogP contribution is 2.38. The van der Waals surface area contributed by atoms with E-state index in [1.165, 1.54) is 7.11 Å². The van der Waals surface area contributed by atoms with Crippen LogP contribution in [0.2, 0.25) is 15.1 Å². The van der Waals surface area contributed by atoms with Gasteiger partial charge in [0.15, 0.2) is 11.5 Å². The van der Waals surface area contributed by atoms with E-state index in [1.54, 1.807) is 49.4 Å². The van der Waals surface area contributed by atoms with Crippen LogP contribution in [0.5, 0.6) is 11.5 Å². The zero-order chi connectivity index (χ0) is 22.5. The highest BCUT2D eigenvalue weighted by atomic mass is 35.5. The van der Waals surface area contributed by atoms with Gasteiger partial charge in [-0.3, -0.25) is 0 Å². The third-order valence-electron chi connectivity index (χ3n) is 4.76. The molecule has 31 heavy (non-hydrogen) atoms. The number of aromatic carboxylic acids is 1. The van der Waals surface area contributed by atoms with E-state index in [9.17, 15) is 9.90 Å². The lowest BCUT2D eigenvalue weighted by atomic mass is 10.1. The average molecular weight is 481 g/mol. The van der Waals surface area contributed by atoms with Crippen molar-refractivity contribution in [3.05, 3.63) is 85.9 Å². The summed E-state index contributed by atoms with van der Waals surface area (Å²) in [6, 6.07) is 13.9. The SMILES string of the molecule is COc1cc(CNc2cccc(C(=O)O)c2C)cc(Cl)c1OCc1c(Cl)cccc1Cl. The minimum absolute atomic E-state index is 0.132. The lowest BCUT2D eigenvalue weighted by Gasteiger charge is -2.16. The van der Waals surface area contributed by atoms with Crippen molar-refractivity contribution in [1.29, 1.82) is 0 Å². The van der Waals surface area contributed by atoms with Gasteiger partial charge in [-0.2, -0.15) is 0 Å². The van der Waals surface area contributed by atoms with Gasteiger partial charge in [-0.25, -0.2) is 4.79 Å². The number of hydrogen-bond acceptors (Lipinski definition) is 4. The van der Waals surface area contributed by atoms with Gasteiger partial charge in [-0.1, -0.05) is 46.9 Å². The van der Waals surface area contributed by atoms with Crippen molar-refractivity contribution in [2.45, 2.75) is 20.1 Å². The Labute approximate surface area is 195 Å². The Morgan fingerprint density at radius 3 is 2.35 bits per heavy atom. The van der Waals surface area contributed by atoms with Crippen LogP contribution in [-0.2, 0) is 13.2 Å². The Morgan fingerprint density at radius 1 is 1.03 bits per heavy atom. The quantitative estimate of drug-likeness (QED) is 0.369. The number of nitrogens with one attached hydrogen (secondary N) is 1. The van der Waals surface area contributed by atoms with E-state index in [4.69, 9.17) is 44.3 Å². The second kappa shape index (κ2) is 10.1. The highest BCUT2D eigenvalue weighted by Gasteiger charge is 2.15. The molecule has 5 nitrogen and oxygen atoms in total. The van der Waals surface area contributed by atoms with Gasteiger partial charge < -0.3 is 19.9 Å².